The number of aliphatic hydroxyl groups is 1. The Labute approximate surface area is 97.1 Å². The fraction of sp³-hybridized carbons (Fsp3) is 0.364. The fourth-order valence-electron chi connectivity index (χ4n) is 1.82. The number of rotatable bonds is 3. The van der Waals surface area contributed by atoms with Crippen LogP contribution in [0.15, 0.2) is 17.6 Å². The van der Waals surface area contributed by atoms with Gasteiger partial charge in [0.15, 0.2) is 0 Å². The van der Waals surface area contributed by atoms with E-state index in [0.29, 0.717) is 5.69 Å². The second-order valence-electron chi connectivity index (χ2n) is 4.29. The minimum atomic E-state index is -0.141. The molecule has 16 heavy (non-hydrogen) atoms. The standard InChI is InChI=1S/C11H13N3OS/c12-9-7(14-11(5-15)3-4-11)1-2-8-10(9)13-6-16-8/h1-2,6,14-15H,3-5,12H2. The summed E-state index contributed by atoms with van der Waals surface area (Å²) in [5, 5.41) is 12.6. The minimum absolute atomic E-state index is 0.141. The summed E-state index contributed by atoms with van der Waals surface area (Å²) >= 11 is 1.58. The molecule has 5 heteroatoms. The lowest BCUT2D eigenvalue weighted by Gasteiger charge is -2.17. The van der Waals surface area contributed by atoms with Gasteiger partial charge in [0.2, 0.25) is 0 Å². The summed E-state index contributed by atoms with van der Waals surface area (Å²) in [6.07, 6.45) is 2.00. The molecule has 3 rings (SSSR count). The summed E-state index contributed by atoms with van der Waals surface area (Å²) in [7, 11) is 0. The van der Waals surface area contributed by atoms with E-state index < -0.39 is 0 Å². The lowest BCUT2D eigenvalue weighted by Crippen LogP contribution is -2.26. The van der Waals surface area contributed by atoms with E-state index in [-0.39, 0.29) is 12.1 Å². The molecule has 0 aliphatic heterocycles. The van der Waals surface area contributed by atoms with Crippen molar-refractivity contribution >= 4 is 32.9 Å². The molecule has 0 spiro atoms. The largest absolute Gasteiger partial charge is 0.395 e. The number of fused-ring (bicyclic) bond motifs is 1. The molecular formula is C11H13N3OS. The Balaban J connectivity index is 2.00. The summed E-state index contributed by atoms with van der Waals surface area (Å²) in [5.74, 6) is 0. The summed E-state index contributed by atoms with van der Waals surface area (Å²) in [5.41, 5.74) is 10.1. The molecule has 0 saturated heterocycles. The first kappa shape index (κ1) is 9.86. The Morgan fingerprint density at radius 2 is 2.31 bits per heavy atom. The van der Waals surface area contributed by atoms with Crippen LogP contribution in [0.5, 0.6) is 0 Å². The van der Waals surface area contributed by atoms with Gasteiger partial charge >= 0.3 is 0 Å². The Kier molecular flexibility index (Phi) is 2.05. The van der Waals surface area contributed by atoms with Gasteiger partial charge in [-0.25, -0.2) is 4.98 Å². The predicted octanol–water partition coefficient (Wildman–Crippen LogP) is 1.82. The normalized spacial score (nSPS) is 17.6. The first-order chi connectivity index (χ1) is 7.74. The van der Waals surface area contributed by atoms with Gasteiger partial charge in [0, 0.05) is 0 Å². The van der Waals surface area contributed by atoms with Crippen LogP contribution in [0.1, 0.15) is 12.8 Å². The van der Waals surface area contributed by atoms with Gasteiger partial charge in [0.1, 0.15) is 5.52 Å². The SMILES string of the molecule is Nc1c(NC2(CO)CC2)ccc2scnc12. The molecule has 0 bridgehead atoms. The number of hydrogen-bond acceptors (Lipinski definition) is 5. The van der Waals surface area contributed by atoms with Crippen molar-refractivity contribution in [3.8, 4) is 0 Å². The number of nitrogen functional groups attached to an aromatic ring is 1. The van der Waals surface area contributed by atoms with Crippen molar-refractivity contribution in [2.45, 2.75) is 18.4 Å². The molecular weight excluding hydrogens is 222 g/mol. The van der Waals surface area contributed by atoms with Crippen molar-refractivity contribution in [3.63, 3.8) is 0 Å². The quantitative estimate of drug-likeness (QED) is 0.710. The van der Waals surface area contributed by atoms with Crippen LogP contribution in [0.3, 0.4) is 0 Å². The molecule has 0 atom stereocenters. The van der Waals surface area contributed by atoms with Crippen LogP contribution in [-0.4, -0.2) is 22.2 Å². The van der Waals surface area contributed by atoms with Crippen LogP contribution in [0, 0.1) is 0 Å². The van der Waals surface area contributed by atoms with Crippen molar-refractivity contribution < 1.29 is 5.11 Å². The molecule has 1 aliphatic rings. The molecule has 1 heterocycles. The van der Waals surface area contributed by atoms with E-state index in [1.807, 2.05) is 12.1 Å². The van der Waals surface area contributed by atoms with Crippen molar-refractivity contribution in [3.05, 3.63) is 17.6 Å². The van der Waals surface area contributed by atoms with Crippen LogP contribution < -0.4 is 11.1 Å². The van der Waals surface area contributed by atoms with E-state index in [2.05, 4.69) is 10.3 Å². The Morgan fingerprint density at radius 1 is 1.50 bits per heavy atom. The highest BCUT2D eigenvalue weighted by Crippen LogP contribution is 2.41. The first-order valence-electron chi connectivity index (χ1n) is 5.25. The topological polar surface area (TPSA) is 71.2 Å². The highest BCUT2D eigenvalue weighted by atomic mass is 32.1. The number of nitrogens with two attached hydrogens (primary N) is 1. The number of nitrogens with one attached hydrogen (secondary N) is 1. The minimum Gasteiger partial charge on any atom is -0.395 e. The Bertz CT molecular complexity index is 533. The number of aliphatic hydroxyl groups excluding tert-OH is 1. The molecule has 1 aromatic carbocycles. The lowest BCUT2D eigenvalue weighted by molar-refractivity contribution is 0.266. The summed E-state index contributed by atoms with van der Waals surface area (Å²) < 4.78 is 1.09. The van der Waals surface area contributed by atoms with E-state index in [4.69, 9.17) is 5.73 Å². The second kappa shape index (κ2) is 3.33. The van der Waals surface area contributed by atoms with Gasteiger partial charge in [-0.1, -0.05) is 0 Å². The third-order valence-electron chi connectivity index (χ3n) is 3.10. The zero-order valence-corrected chi connectivity index (χ0v) is 9.55. The van der Waals surface area contributed by atoms with Gasteiger partial charge in [-0.15, -0.1) is 11.3 Å². The average molecular weight is 235 g/mol. The predicted molar refractivity (Wildman–Crippen MR) is 66.7 cm³/mol. The van der Waals surface area contributed by atoms with Gasteiger partial charge in [-0.05, 0) is 25.0 Å². The van der Waals surface area contributed by atoms with Crippen LogP contribution >= 0.6 is 11.3 Å². The van der Waals surface area contributed by atoms with Crippen molar-refractivity contribution in [2.24, 2.45) is 0 Å². The third kappa shape index (κ3) is 1.44. The molecule has 1 aromatic heterocycles. The third-order valence-corrected chi connectivity index (χ3v) is 3.89. The second-order valence-corrected chi connectivity index (χ2v) is 5.18. The highest BCUT2D eigenvalue weighted by molar-refractivity contribution is 7.16. The van der Waals surface area contributed by atoms with Gasteiger partial charge < -0.3 is 16.2 Å². The molecule has 0 unspecified atom stereocenters. The molecule has 0 radical (unpaired) electrons. The molecule has 4 nitrogen and oxygen atoms in total. The number of benzene rings is 1. The van der Waals surface area contributed by atoms with Gasteiger partial charge in [0.25, 0.3) is 0 Å². The Hall–Kier alpha value is -1.33. The summed E-state index contributed by atoms with van der Waals surface area (Å²) in [6, 6.07) is 3.98. The van der Waals surface area contributed by atoms with E-state index in [0.717, 1.165) is 28.7 Å². The lowest BCUT2D eigenvalue weighted by atomic mass is 10.2. The summed E-state index contributed by atoms with van der Waals surface area (Å²) in [4.78, 5) is 4.25. The van der Waals surface area contributed by atoms with E-state index in [1.165, 1.54) is 0 Å². The molecule has 1 fully saturated rings. The smallest absolute Gasteiger partial charge is 0.106 e. The number of thiazole rings is 1. The fourth-order valence-corrected chi connectivity index (χ4v) is 2.51. The van der Waals surface area contributed by atoms with Crippen LogP contribution in [0.4, 0.5) is 11.4 Å². The van der Waals surface area contributed by atoms with Crippen LogP contribution in [0.25, 0.3) is 10.2 Å². The van der Waals surface area contributed by atoms with Crippen molar-refractivity contribution in [1.29, 1.82) is 0 Å². The number of aromatic nitrogens is 1. The molecule has 1 aliphatic carbocycles. The molecule has 4 N–H and O–H groups in total. The molecule has 84 valence electrons. The molecule has 1 saturated carbocycles. The maximum Gasteiger partial charge on any atom is 0.106 e. The van der Waals surface area contributed by atoms with Gasteiger partial charge in [-0.3, -0.25) is 0 Å². The summed E-state index contributed by atoms with van der Waals surface area (Å²) in [6.45, 7) is 0.154. The van der Waals surface area contributed by atoms with Crippen LogP contribution in [0.2, 0.25) is 0 Å². The van der Waals surface area contributed by atoms with Gasteiger partial charge in [0.05, 0.1) is 33.7 Å². The van der Waals surface area contributed by atoms with Crippen LogP contribution in [-0.2, 0) is 0 Å². The zero-order chi connectivity index (χ0) is 11.2. The number of hydrogen-bond donors (Lipinski definition) is 3. The maximum atomic E-state index is 9.27. The highest BCUT2D eigenvalue weighted by Gasteiger charge is 2.42. The maximum absolute atomic E-state index is 9.27. The van der Waals surface area contributed by atoms with Crippen molar-refractivity contribution in [2.75, 3.05) is 17.7 Å². The average Bonchev–Trinajstić information content (AvgIpc) is 2.90. The number of anilines is 2. The van der Waals surface area contributed by atoms with E-state index in [1.54, 1.807) is 16.8 Å². The van der Waals surface area contributed by atoms with Crippen molar-refractivity contribution in [1.82, 2.24) is 4.98 Å². The monoisotopic (exact) mass is 235 g/mol. The van der Waals surface area contributed by atoms with Gasteiger partial charge in [-0.2, -0.15) is 0 Å². The Morgan fingerprint density at radius 3 is 3.00 bits per heavy atom. The zero-order valence-electron chi connectivity index (χ0n) is 8.73. The van der Waals surface area contributed by atoms with E-state index >= 15 is 0 Å². The number of nitrogens with zero attached hydrogens (tertiary/aromatic N) is 1. The molecule has 2 aromatic rings. The first-order valence-corrected chi connectivity index (χ1v) is 6.13. The molecule has 0 amide bonds. The van der Waals surface area contributed by atoms with E-state index in [9.17, 15) is 5.11 Å².